The van der Waals surface area contributed by atoms with E-state index in [1.54, 1.807) is 18.2 Å². The molecule has 4 nitrogen and oxygen atoms in total. The Morgan fingerprint density at radius 1 is 1.13 bits per heavy atom. The molecule has 3 aromatic rings. The summed E-state index contributed by atoms with van der Waals surface area (Å²) in [5.41, 5.74) is 1.42. The lowest BCUT2D eigenvalue weighted by molar-refractivity contribution is 0.0600. The summed E-state index contributed by atoms with van der Waals surface area (Å²) in [6.45, 7) is 0.332. The molecule has 0 aliphatic heterocycles. The van der Waals surface area contributed by atoms with Gasteiger partial charge in [-0.05, 0) is 35.2 Å². The van der Waals surface area contributed by atoms with Crippen molar-refractivity contribution in [2.45, 2.75) is 6.61 Å². The van der Waals surface area contributed by atoms with E-state index >= 15 is 0 Å². The monoisotopic (exact) mass is 327 g/mol. The number of hydrogen-bond acceptors (Lipinski definition) is 4. The van der Waals surface area contributed by atoms with Crippen LogP contribution in [0.4, 0.5) is 0 Å². The zero-order valence-corrected chi connectivity index (χ0v) is 13.2. The topological polar surface area (TPSA) is 48.4 Å². The van der Waals surface area contributed by atoms with Crippen LogP contribution in [0.2, 0.25) is 5.15 Å². The van der Waals surface area contributed by atoms with E-state index < -0.39 is 0 Å². The summed E-state index contributed by atoms with van der Waals surface area (Å²) < 4.78 is 10.5. The molecule has 0 aliphatic carbocycles. The summed E-state index contributed by atoms with van der Waals surface area (Å²) in [4.78, 5) is 15.7. The molecule has 3 rings (SSSR count). The molecule has 0 radical (unpaired) electrons. The number of nitrogens with zero attached hydrogens (tertiary/aromatic N) is 1. The van der Waals surface area contributed by atoms with Gasteiger partial charge in [-0.15, -0.1) is 0 Å². The van der Waals surface area contributed by atoms with Gasteiger partial charge in [0.25, 0.3) is 0 Å². The Labute approximate surface area is 138 Å². The number of carbonyl (C=O) groups excluding carboxylic acids is 1. The molecule has 23 heavy (non-hydrogen) atoms. The zero-order valence-electron chi connectivity index (χ0n) is 12.5. The fourth-order valence-electron chi connectivity index (χ4n) is 2.25. The highest BCUT2D eigenvalue weighted by Crippen LogP contribution is 2.27. The van der Waals surface area contributed by atoms with E-state index in [0.717, 1.165) is 16.3 Å². The summed E-state index contributed by atoms with van der Waals surface area (Å²) in [5, 5.41) is 2.27. The van der Waals surface area contributed by atoms with Crippen LogP contribution in [0.25, 0.3) is 10.8 Å². The van der Waals surface area contributed by atoms with Crippen molar-refractivity contribution in [1.29, 1.82) is 0 Å². The van der Waals surface area contributed by atoms with Crippen molar-refractivity contribution in [3.63, 3.8) is 0 Å². The molecule has 0 spiro atoms. The van der Waals surface area contributed by atoms with Crippen LogP contribution in [-0.4, -0.2) is 18.1 Å². The Balaban J connectivity index is 1.79. The Hall–Kier alpha value is -2.59. The van der Waals surface area contributed by atoms with Crippen molar-refractivity contribution < 1.29 is 14.3 Å². The van der Waals surface area contributed by atoms with Crippen molar-refractivity contribution in [2.24, 2.45) is 0 Å². The van der Waals surface area contributed by atoms with E-state index in [0.29, 0.717) is 23.2 Å². The van der Waals surface area contributed by atoms with Crippen molar-refractivity contribution in [1.82, 2.24) is 4.98 Å². The minimum absolute atomic E-state index is 0.332. The van der Waals surface area contributed by atoms with Crippen LogP contribution < -0.4 is 4.74 Å². The van der Waals surface area contributed by atoms with Gasteiger partial charge in [0, 0.05) is 5.39 Å². The number of rotatable bonds is 4. The number of halogens is 1. The van der Waals surface area contributed by atoms with Crippen LogP contribution in [0.3, 0.4) is 0 Å². The summed E-state index contributed by atoms with van der Waals surface area (Å²) >= 11 is 6.03. The van der Waals surface area contributed by atoms with E-state index in [9.17, 15) is 4.79 Å². The molecule has 0 N–H and O–H groups in total. The molecule has 0 bridgehead atoms. The molecule has 0 aliphatic rings. The standard InChI is InChI=1S/C18H14ClNO3/c1-22-18(21)13-8-6-12(7-9-13)11-23-17-15-5-3-2-4-14(15)10-16(19)20-17/h2-10H,11H2,1H3. The van der Waals surface area contributed by atoms with Crippen LogP contribution in [0, 0.1) is 0 Å². The lowest BCUT2D eigenvalue weighted by Gasteiger charge is -2.09. The summed E-state index contributed by atoms with van der Waals surface area (Å²) in [6, 6.07) is 16.6. The number of fused-ring (bicyclic) bond motifs is 1. The minimum atomic E-state index is -0.361. The molecule has 0 saturated heterocycles. The highest BCUT2D eigenvalue weighted by molar-refractivity contribution is 6.30. The first-order valence-electron chi connectivity index (χ1n) is 7.03. The maximum Gasteiger partial charge on any atom is 0.337 e. The van der Waals surface area contributed by atoms with Gasteiger partial charge < -0.3 is 9.47 Å². The van der Waals surface area contributed by atoms with Crippen LogP contribution in [0.15, 0.2) is 54.6 Å². The number of pyridine rings is 1. The van der Waals surface area contributed by atoms with E-state index in [1.807, 2.05) is 36.4 Å². The van der Waals surface area contributed by atoms with Gasteiger partial charge in [0.05, 0.1) is 12.7 Å². The number of carbonyl (C=O) groups is 1. The maximum atomic E-state index is 11.4. The molecule has 116 valence electrons. The van der Waals surface area contributed by atoms with Crippen LogP contribution in [0.5, 0.6) is 5.88 Å². The van der Waals surface area contributed by atoms with E-state index in [-0.39, 0.29) is 5.97 Å². The van der Waals surface area contributed by atoms with Gasteiger partial charge in [-0.3, -0.25) is 0 Å². The predicted octanol–water partition coefficient (Wildman–Crippen LogP) is 4.25. The molecule has 0 amide bonds. The number of hydrogen-bond donors (Lipinski definition) is 0. The Morgan fingerprint density at radius 2 is 1.87 bits per heavy atom. The van der Waals surface area contributed by atoms with Gasteiger partial charge in [-0.2, -0.15) is 0 Å². The van der Waals surface area contributed by atoms with Gasteiger partial charge in [-0.25, -0.2) is 9.78 Å². The number of benzene rings is 2. The van der Waals surface area contributed by atoms with Crippen molar-refractivity contribution in [3.05, 3.63) is 70.9 Å². The van der Waals surface area contributed by atoms with Crippen LogP contribution in [-0.2, 0) is 11.3 Å². The third-order valence-corrected chi connectivity index (χ3v) is 3.62. The van der Waals surface area contributed by atoms with Gasteiger partial charge in [0.2, 0.25) is 5.88 Å². The average molecular weight is 328 g/mol. The second kappa shape index (κ2) is 6.67. The SMILES string of the molecule is COC(=O)c1ccc(COc2nc(Cl)cc3ccccc23)cc1. The van der Waals surface area contributed by atoms with Crippen molar-refractivity contribution in [2.75, 3.05) is 7.11 Å². The summed E-state index contributed by atoms with van der Waals surface area (Å²) in [5.74, 6) is 0.130. The second-order valence-electron chi connectivity index (χ2n) is 4.95. The second-order valence-corrected chi connectivity index (χ2v) is 5.34. The molecule has 0 saturated carbocycles. The lowest BCUT2D eigenvalue weighted by atomic mass is 10.1. The van der Waals surface area contributed by atoms with Gasteiger partial charge in [-0.1, -0.05) is 41.9 Å². The number of esters is 1. The molecule has 1 aromatic heterocycles. The molecule has 1 heterocycles. The third-order valence-electron chi connectivity index (χ3n) is 3.42. The highest BCUT2D eigenvalue weighted by atomic mass is 35.5. The van der Waals surface area contributed by atoms with Crippen LogP contribution in [0.1, 0.15) is 15.9 Å². The smallest absolute Gasteiger partial charge is 0.337 e. The molecule has 0 fully saturated rings. The van der Waals surface area contributed by atoms with Gasteiger partial charge in [0.15, 0.2) is 0 Å². The molecular weight excluding hydrogens is 314 g/mol. The summed E-state index contributed by atoms with van der Waals surface area (Å²) in [6.07, 6.45) is 0. The molecule has 0 unspecified atom stereocenters. The molecule has 5 heteroatoms. The molecule has 2 aromatic carbocycles. The molecule has 0 atom stereocenters. The van der Waals surface area contributed by atoms with E-state index in [2.05, 4.69) is 9.72 Å². The fourth-order valence-corrected chi connectivity index (χ4v) is 2.45. The number of methoxy groups -OCH3 is 1. The van der Waals surface area contributed by atoms with Crippen molar-refractivity contribution in [3.8, 4) is 5.88 Å². The zero-order chi connectivity index (χ0) is 16.2. The van der Waals surface area contributed by atoms with Crippen molar-refractivity contribution >= 4 is 28.3 Å². The van der Waals surface area contributed by atoms with E-state index in [4.69, 9.17) is 16.3 Å². The first-order valence-corrected chi connectivity index (χ1v) is 7.40. The Morgan fingerprint density at radius 3 is 2.61 bits per heavy atom. The number of ether oxygens (including phenoxy) is 2. The summed E-state index contributed by atoms with van der Waals surface area (Å²) in [7, 11) is 1.36. The first-order chi connectivity index (χ1) is 11.2. The normalized spacial score (nSPS) is 10.5. The van der Waals surface area contributed by atoms with E-state index in [1.165, 1.54) is 7.11 Å². The Bertz CT molecular complexity index is 847. The largest absolute Gasteiger partial charge is 0.472 e. The van der Waals surface area contributed by atoms with Gasteiger partial charge >= 0.3 is 5.97 Å². The quantitative estimate of drug-likeness (QED) is 0.531. The third kappa shape index (κ3) is 3.43. The Kier molecular flexibility index (Phi) is 4.44. The first kappa shape index (κ1) is 15.3. The minimum Gasteiger partial charge on any atom is -0.472 e. The maximum absolute atomic E-state index is 11.4. The lowest BCUT2D eigenvalue weighted by Crippen LogP contribution is -2.02. The van der Waals surface area contributed by atoms with Crippen LogP contribution >= 0.6 is 11.6 Å². The molecular formula is C18H14ClNO3. The number of aromatic nitrogens is 1. The average Bonchev–Trinajstić information content (AvgIpc) is 2.59. The van der Waals surface area contributed by atoms with Gasteiger partial charge in [0.1, 0.15) is 11.8 Å². The fraction of sp³-hybridized carbons (Fsp3) is 0.111. The predicted molar refractivity (Wildman–Crippen MR) is 88.9 cm³/mol. The highest BCUT2D eigenvalue weighted by Gasteiger charge is 2.08.